The summed E-state index contributed by atoms with van der Waals surface area (Å²) in [6.07, 6.45) is 2.74. The van der Waals surface area contributed by atoms with Gasteiger partial charge in [-0.2, -0.15) is 0 Å². The van der Waals surface area contributed by atoms with Crippen LogP contribution in [-0.2, 0) is 0 Å². The SMILES string of the molecule is CC(Nc1cccc2n[se]nc12)C1CC1. The first-order valence-electron chi connectivity index (χ1n) is 5.32. The van der Waals surface area contributed by atoms with Crippen molar-refractivity contribution in [2.75, 3.05) is 5.32 Å². The van der Waals surface area contributed by atoms with Crippen molar-refractivity contribution in [2.24, 2.45) is 5.92 Å². The van der Waals surface area contributed by atoms with Gasteiger partial charge in [-0.1, -0.05) is 0 Å². The van der Waals surface area contributed by atoms with Crippen molar-refractivity contribution in [1.29, 1.82) is 0 Å². The van der Waals surface area contributed by atoms with Gasteiger partial charge in [0.2, 0.25) is 0 Å². The van der Waals surface area contributed by atoms with Crippen LogP contribution in [0.3, 0.4) is 0 Å². The number of benzene rings is 1. The average molecular weight is 266 g/mol. The van der Waals surface area contributed by atoms with Crippen LogP contribution in [0.15, 0.2) is 18.2 Å². The van der Waals surface area contributed by atoms with E-state index in [2.05, 4.69) is 32.3 Å². The van der Waals surface area contributed by atoms with Crippen LogP contribution in [0.2, 0.25) is 0 Å². The number of hydrogen-bond donors (Lipinski definition) is 1. The van der Waals surface area contributed by atoms with Gasteiger partial charge >= 0.3 is 94.9 Å². The van der Waals surface area contributed by atoms with Crippen molar-refractivity contribution < 1.29 is 0 Å². The monoisotopic (exact) mass is 267 g/mol. The second kappa shape index (κ2) is 3.62. The molecule has 1 atom stereocenters. The third-order valence-electron chi connectivity index (χ3n) is 3.00. The van der Waals surface area contributed by atoms with Crippen LogP contribution in [0.25, 0.3) is 11.0 Å². The van der Waals surface area contributed by atoms with Gasteiger partial charge in [0.05, 0.1) is 0 Å². The molecular weight excluding hydrogens is 253 g/mol. The fraction of sp³-hybridized carbons (Fsp3) is 0.455. The molecule has 0 radical (unpaired) electrons. The molecule has 1 aliphatic carbocycles. The van der Waals surface area contributed by atoms with Gasteiger partial charge in [-0.3, -0.25) is 0 Å². The van der Waals surface area contributed by atoms with Crippen molar-refractivity contribution >= 4 is 31.7 Å². The van der Waals surface area contributed by atoms with Crippen LogP contribution in [-0.4, -0.2) is 29.0 Å². The molecule has 2 aromatic rings. The molecule has 0 saturated heterocycles. The molecule has 1 heterocycles. The zero-order valence-electron chi connectivity index (χ0n) is 8.60. The second-order valence-corrected chi connectivity index (χ2v) is 5.32. The van der Waals surface area contributed by atoms with E-state index in [1.807, 2.05) is 6.07 Å². The summed E-state index contributed by atoms with van der Waals surface area (Å²) in [4.78, 5) is 0. The van der Waals surface area contributed by atoms with Crippen molar-refractivity contribution in [3.63, 3.8) is 0 Å². The molecular formula is C11H13N3Se. The molecule has 1 saturated carbocycles. The fourth-order valence-corrected chi connectivity index (χ4v) is 3.04. The Balaban J connectivity index is 1.92. The quantitative estimate of drug-likeness (QED) is 0.862. The molecule has 3 nitrogen and oxygen atoms in total. The summed E-state index contributed by atoms with van der Waals surface area (Å²) >= 11 is 0.0724. The van der Waals surface area contributed by atoms with Crippen LogP contribution in [0.5, 0.6) is 0 Å². The molecule has 1 aliphatic rings. The van der Waals surface area contributed by atoms with E-state index in [-0.39, 0.29) is 15.0 Å². The predicted molar refractivity (Wildman–Crippen MR) is 62.3 cm³/mol. The van der Waals surface area contributed by atoms with Crippen molar-refractivity contribution in [3.05, 3.63) is 18.2 Å². The van der Waals surface area contributed by atoms with Crippen LogP contribution in [0.4, 0.5) is 5.69 Å². The molecule has 0 amide bonds. The number of fused-ring (bicyclic) bond motifs is 1. The van der Waals surface area contributed by atoms with E-state index >= 15 is 0 Å². The maximum absolute atomic E-state index is 4.47. The maximum atomic E-state index is 4.47. The summed E-state index contributed by atoms with van der Waals surface area (Å²) in [5, 5.41) is 3.56. The summed E-state index contributed by atoms with van der Waals surface area (Å²) < 4.78 is 8.85. The van der Waals surface area contributed by atoms with Gasteiger partial charge in [-0.25, -0.2) is 0 Å². The Labute approximate surface area is 95.1 Å². The standard InChI is InChI=1S/C11H13N3Se/c1-7(8-5-6-8)12-9-3-2-4-10-11(9)14-15-13-10/h2-4,7-8,12H,5-6H2,1H3. The Morgan fingerprint density at radius 3 is 3.07 bits per heavy atom. The number of hydrogen-bond acceptors (Lipinski definition) is 3. The summed E-state index contributed by atoms with van der Waals surface area (Å²) in [6.45, 7) is 2.26. The summed E-state index contributed by atoms with van der Waals surface area (Å²) in [7, 11) is 0. The van der Waals surface area contributed by atoms with E-state index in [0.717, 1.165) is 22.6 Å². The minimum atomic E-state index is 0.0724. The average Bonchev–Trinajstić information content (AvgIpc) is 2.97. The van der Waals surface area contributed by atoms with Crippen LogP contribution < -0.4 is 5.32 Å². The molecule has 1 aromatic carbocycles. The molecule has 1 aromatic heterocycles. The minimum absolute atomic E-state index is 0.0724. The summed E-state index contributed by atoms with van der Waals surface area (Å²) in [5.74, 6) is 0.865. The number of rotatable bonds is 3. The molecule has 0 spiro atoms. The molecule has 15 heavy (non-hydrogen) atoms. The molecule has 78 valence electrons. The van der Waals surface area contributed by atoms with Gasteiger partial charge in [0, 0.05) is 0 Å². The van der Waals surface area contributed by atoms with Gasteiger partial charge in [0.15, 0.2) is 0 Å². The van der Waals surface area contributed by atoms with E-state index in [9.17, 15) is 0 Å². The van der Waals surface area contributed by atoms with Gasteiger partial charge in [-0.05, 0) is 0 Å². The molecule has 0 bridgehead atoms. The third-order valence-corrected chi connectivity index (χ3v) is 4.14. The summed E-state index contributed by atoms with van der Waals surface area (Å²) in [6, 6.07) is 6.78. The van der Waals surface area contributed by atoms with Gasteiger partial charge in [0.25, 0.3) is 0 Å². The zero-order chi connectivity index (χ0) is 10.3. The number of anilines is 1. The number of aromatic nitrogens is 2. The third kappa shape index (κ3) is 1.79. The molecule has 3 rings (SSSR count). The number of nitrogens with one attached hydrogen (secondary N) is 1. The first-order valence-corrected chi connectivity index (χ1v) is 6.85. The van der Waals surface area contributed by atoms with Crippen LogP contribution in [0.1, 0.15) is 19.8 Å². The molecule has 4 heteroatoms. The molecule has 1 fully saturated rings. The van der Waals surface area contributed by atoms with Crippen molar-refractivity contribution in [1.82, 2.24) is 7.96 Å². The van der Waals surface area contributed by atoms with Gasteiger partial charge in [0.1, 0.15) is 0 Å². The van der Waals surface area contributed by atoms with Crippen molar-refractivity contribution in [2.45, 2.75) is 25.8 Å². The Kier molecular flexibility index (Phi) is 2.26. The topological polar surface area (TPSA) is 37.8 Å². The van der Waals surface area contributed by atoms with Crippen molar-refractivity contribution in [3.8, 4) is 0 Å². The fourth-order valence-electron chi connectivity index (χ4n) is 1.88. The zero-order valence-corrected chi connectivity index (χ0v) is 10.3. The van der Waals surface area contributed by atoms with E-state index in [1.54, 1.807) is 0 Å². The van der Waals surface area contributed by atoms with Gasteiger partial charge in [-0.15, -0.1) is 0 Å². The Bertz CT molecular complexity index is 475. The molecule has 1 N–H and O–H groups in total. The summed E-state index contributed by atoms with van der Waals surface area (Å²) in [5.41, 5.74) is 3.29. The Morgan fingerprint density at radius 1 is 1.40 bits per heavy atom. The second-order valence-electron chi connectivity index (χ2n) is 4.21. The normalized spacial score (nSPS) is 17.9. The predicted octanol–water partition coefficient (Wildman–Crippen LogP) is 1.90. The molecule has 1 unspecified atom stereocenters. The van der Waals surface area contributed by atoms with E-state index in [1.165, 1.54) is 12.8 Å². The van der Waals surface area contributed by atoms with E-state index in [0.29, 0.717) is 6.04 Å². The van der Waals surface area contributed by atoms with Gasteiger partial charge < -0.3 is 0 Å². The van der Waals surface area contributed by atoms with Crippen LogP contribution >= 0.6 is 0 Å². The first-order chi connectivity index (χ1) is 7.34. The first kappa shape index (κ1) is 9.37. The van der Waals surface area contributed by atoms with Crippen LogP contribution in [0, 0.1) is 5.92 Å². The Hall–Kier alpha value is -0.861. The van der Waals surface area contributed by atoms with E-state index < -0.39 is 0 Å². The Morgan fingerprint density at radius 2 is 2.27 bits per heavy atom. The molecule has 0 aliphatic heterocycles. The van der Waals surface area contributed by atoms with E-state index in [4.69, 9.17) is 0 Å². The number of nitrogens with zero attached hydrogens (tertiary/aromatic N) is 2.